The summed E-state index contributed by atoms with van der Waals surface area (Å²) in [6.45, 7) is 0.885. The van der Waals surface area contributed by atoms with E-state index in [9.17, 15) is 18.0 Å². The molecule has 0 saturated carbocycles. The van der Waals surface area contributed by atoms with Gasteiger partial charge in [-0.15, -0.1) is 0 Å². The molecule has 0 radical (unpaired) electrons. The lowest BCUT2D eigenvalue weighted by atomic mass is 10.1. The van der Waals surface area contributed by atoms with Crippen LogP contribution in [0, 0.1) is 0 Å². The molecule has 3 rings (SSSR count). The molecule has 0 unspecified atom stereocenters. The quantitative estimate of drug-likeness (QED) is 0.861. The van der Waals surface area contributed by atoms with E-state index in [0.717, 1.165) is 6.08 Å². The maximum Gasteiger partial charge on any atom is 0.409 e. The van der Waals surface area contributed by atoms with Crippen LogP contribution < -0.4 is 19.5 Å². The first-order chi connectivity index (χ1) is 12.9. The topological polar surface area (TPSA) is 56.8 Å². The van der Waals surface area contributed by atoms with Crippen LogP contribution in [0.2, 0.25) is 0 Å². The van der Waals surface area contributed by atoms with Crippen LogP contribution in [0.1, 0.15) is 15.9 Å². The summed E-state index contributed by atoms with van der Waals surface area (Å²) in [4.78, 5) is 12.5. The fourth-order valence-corrected chi connectivity index (χ4v) is 2.51. The number of ether oxygens (including phenoxy) is 3. The number of carbonyl (C=O) groups excluding carboxylic acids is 1. The van der Waals surface area contributed by atoms with Crippen molar-refractivity contribution in [2.75, 3.05) is 25.6 Å². The van der Waals surface area contributed by atoms with Gasteiger partial charge in [0.1, 0.15) is 19.0 Å². The highest BCUT2D eigenvalue weighted by atomic mass is 19.4. The maximum atomic E-state index is 12.5. The average Bonchev–Trinajstić information content (AvgIpc) is 2.65. The number of nitrogens with one attached hydrogen (secondary N) is 1. The van der Waals surface area contributed by atoms with E-state index in [2.05, 4.69) is 5.32 Å². The summed E-state index contributed by atoms with van der Waals surface area (Å²) in [6.07, 6.45) is -3.39. The van der Waals surface area contributed by atoms with E-state index in [-0.39, 0.29) is 23.0 Å². The summed E-state index contributed by atoms with van der Waals surface area (Å²) in [6, 6.07) is 9.16. The van der Waals surface area contributed by atoms with Gasteiger partial charge in [-0.2, -0.15) is 13.2 Å². The fourth-order valence-electron chi connectivity index (χ4n) is 2.51. The van der Waals surface area contributed by atoms with E-state index >= 15 is 0 Å². The Labute approximate surface area is 153 Å². The third-order valence-corrected chi connectivity index (χ3v) is 3.74. The van der Waals surface area contributed by atoms with Crippen LogP contribution in [-0.2, 0) is 0 Å². The number of alkyl halides is 3. The van der Waals surface area contributed by atoms with Crippen molar-refractivity contribution in [3.63, 3.8) is 0 Å². The van der Waals surface area contributed by atoms with Crippen molar-refractivity contribution in [3.8, 4) is 17.2 Å². The van der Waals surface area contributed by atoms with Gasteiger partial charge in [-0.3, -0.25) is 4.79 Å². The standard InChI is InChI=1S/C19H16F3NO4/c1-25-16-10-12(6-7-19(20,21)22)2-4-14(16)18(24)23-13-3-5-15-17(11-13)27-9-8-26-15/h2-7,10-11H,8-9H2,1H3,(H,23,24)/b7-6-. The van der Waals surface area contributed by atoms with Crippen LogP contribution in [0.5, 0.6) is 17.2 Å². The number of rotatable bonds is 4. The summed E-state index contributed by atoms with van der Waals surface area (Å²) in [5.74, 6) is 0.820. The summed E-state index contributed by atoms with van der Waals surface area (Å²) in [7, 11) is 1.34. The smallest absolute Gasteiger partial charge is 0.409 e. The van der Waals surface area contributed by atoms with E-state index in [1.165, 1.54) is 25.3 Å². The lowest BCUT2D eigenvalue weighted by Crippen LogP contribution is -2.16. The highest BCUT2D eigenvalue weighted by molar-refractivity contribution is 6.06. The van der Waals surface area contributed by atoms with E-state index in [1.807, 2.05) is 0 Å². The third-order valence-electron chi connectivity index (χ3n) is 3.74. The molecule has 2 aromatic rings. The molecule has 0 fully saturated rings. The maximum absolute atomic E-state index is 12.5. The van der Waals surface area contributed by atoms with Crippen LogP contribution in [0.15, 0.2) is 42.5 Å². The van der Waals surface area contributed by atoms with E-state index in [0.29, 0.717) is 30.4 Å². The molecule has 5 nitrogen and oxygen atoms in total. The largest absolute Gasteiger partial charge is 0.496 e. The minimum atomic E-state index is -4.42. The number of amides is 1. The van der Waals surface area contributed by atoms with Crippen LogP contribution >= 0.6 is 0 Å². The molecule has 8 heteroatoms. The van der Waals surface area contributed by atoms with E-state index in [1.54, 1.807) is 18.2 Å². The molecule has 0 bridgehead atoms. The average molecular weight is 379 g/mol. The Morgan fingerprint density at radius 3 is 2.56 bits per heavy atom. The van der Waals surface area contributed by atoms with Crippen molar-refractivity contribution in [3.05, 3.63) is 53.6 Å². The predicted octanol–water partition coefficient (Wildman–Crippen LogP) is 4.29. The molecule has 1 heterocycles. The van der Waals surface area contributed by atoms with Crippen molar-refractivity contribution < 1.29 is 32.2 Å². The second-order valence-electron chi connectivity index (χ2n) is 5.65. The Morgan fingerprint density at radius 2 is 1.85 bits per heavy atom. The van der Waals surface area contributed by atoms with Crippen LogP contribution in [0.25, 0.3) is 6.08 Å². The van der Waals surface area contributed by atoms with Crippen molar-refractivity contribution in [2.24, 2.45) is 0 Å². The molecule has 142 valence electrons. The zero-order chi connectivity index (χ0) is 19.4. The molecule has 0 aliphatic carbocycles. The van der Waals surface area contributed by atoms with Crippen molar-refractivity contribution in [2.45, 2.75) is 6.18 Å². The van der Waals surface area contributed by atoms with Gasteiger partial charge in [-0.1, -0.05) is 6.07 Å². The first-order valence-electron chi connectivity index (χ1n) is 8.01. The number of allylic oxidation sites excluding steroid dienone is 1. The van der Waals surface area contributed by atoms with E-state index in [4.69, 9.17) is 14.2 Å². The fraction of sp³-hybridized carbons (Fsp3) is 0.211. The number of halogens is 3. The van der Waals surface area contributed by atoms with Gasteiger partial charge >= 0.3 is 6.18 Å². The number of benzene rings is 2. The minimum absolute atomic E-state index is 0.122. The Kier molecular flexibility index (Phi) is 5.25. The third kappa shape index (κ3) is 4.72. The van der Waals surface area contributed by atoms with Crippen molar-refractivity contribution >= 4 is 17.7 Å². The predicted molar refractivity (Wildman–Crippen MR) is 93.5 cm³/mol. The van der Waals surface area contributed by atoms with Gasteiger partial charge in [0.15, 0.2) is 11.5 Å². The highest BCUT2D eigenvalue weighted by Gasteiger charge is 2.22. The monoisotopic (exact) mass is 379 g/mol. The SMILES string of the molecule is COc1cc(/C=C\C(F)(F)F)ccc1C(=O)Nc1ccc2c(c1)OCCO2. The molecular weight excluding hydrogens is 363 g/mol. The first-order valence-corrected chi connectivity index (χ1v) is 8.01. The molecule has 0 aromatic heterocycles. The lowest BCUT2D eigenvalue weighted by molar-refractivity contribution is -0.0790. The molecule has 1 amide bonds. The molecule has 27 heavy (non-hydrogen) atoms. The van der Waals surface area contributed by atoms with Gasteiger partial charge in [-0.25, -0.2) is 0 Å². The number of methoxy groups -OCH3 is 1. The minimum Gasteiger partial charge on any atom is -0.496 e. The zero-order valence-electron chi connectivity index (χ0n) is 14.3. The van der Waals surface area contributed by atoms with Gasteiger partial charge < -0.3 is 19.5 Å². The molecular formula is C19H16F3NO4. The Morgan fingerprint density at radius 1 is 1.11 bits per heavy atom. The van der Waals surface area contributed by atoms with Crippen molar-refractivity contribution in [1.29, 1.82) is 0 Å². The van der Waals surface area contributed by atoms with Crippen molar-refractivity contribution in [1.82, 2.24) is 0 Å². The number of fused-ring (bicyclic) bond motifs is 1. The van der Waals surface area contributed by atoms with Crippen LogP contribution in [-0.4, -0.2) is 32.4 Å². The Hall–Kier alpha value is -3.16. The van der Waals surface area contributed by atoms with Gasteiger partial charge in [-0.05, 0) is 35.9 Å². The molecule has 0 spiro atoms. The van der Waals surface area contributed by atoms with Gasteiger partial charge in [0.2, 0.25) is 0 Å². The highest BCUT2D eigenvalue weighted by Crippen LogP contribution is 2.33. The zero-order valence-corrected chi connectivity index (χ0v) is 14.3. The summed E-state index contributed by atoms with van der Waals surface area (Å²) >= 11 is 0. The number of carbonyl (C=O) groups is 1. The lowest BCUT2D eigenvalue weighted by Gasteiger charge is -2.19. The Bertz CT molecular complexity index is 878. The van der Waals surface area contributed by atoms with Gasteiger partial charge in [0.05, 0.1) is 12.7 Å². The summed E-state index contributed by atoms with van der Waals surface area (Å²) in [5, 5.41) is 2.71. The van der Waals surface area contributed by atoms with Crippen LogP contribution in [0.4, 0.5) is 18.9 Å². The number of hydrogen-bond acceptors (Lipinski definition) is 4. The summed E-state index contributed by atoms with van der Waals surface area (Å²) < 4.78 is 52.9. The first kappa shape index (κ1) is 18.6. The van der Waals surface area contributed by atoms with Gasteiger partial charge in [0.25, 0.3) is 5.91 Å². The van der Waals surface area contributed by atoms with Crippen LogP contribution in [0.3, 0.4) is 0 Å². The second-order valence-corrected chi connectivity index (χ2v) is 5.65. The van der Waals surface area contributed by atoms with Gasteiger partial charge in [0, 0.05) is 17.8 Å². The second kappa shape index (κ2) is 7.61. The molecule has 1 N–H and O–H groups in total. The number of hydrogen-bond donors (Lipinski definition) is 1. The normalized spacial score (nSPS) is 13.5. The number of anilines is 1. The molecule has 1 aliphatic rings. The molecule has 0 atom stereocenters. The molecule has 0 saturated heterocycles. The molecule has 2 aromatic carbocycles. The molecule has 1 aliphatic heterocycles. The summed E-state index contributed by atoms with van der Waals surface area (Å²) in [5.41, 5.74) is 0.948. The Balaban J connectivity index is 1.79. The van der Waals surface area contributed by atoms with E-state index < -0.39 is 12.1 Å².